The van der Waals surface area contributed by atoms with Crippen molar-refractivity contribution in [2.24, 2.45) is 0 Å². The molecule has 2 aromatic carbocycles. The first-order valence-corrected chi connectivity index (χ1v) is 7.36. The van der Waals surface area contributed by atoms with Gasteiger partial charge in [-0.25, -0.2) is 10.5 Å². The molecule has 0 unspecified atom stereocenters. The molecule has 118 valence electrons. The van der Waals surface area contributed by atoms with E-state index in [1.54, 1.807) is 0 Å². The number of hydroxylamine groups is 1. The highest BCUT2D eigenvalue weighted by Crippen LogP contribution is 2.22. The molecule has 5 heteroatoms. The summed E-state index contributed by atoms with van der Waals surface area (Å²) in [5.41, 5.74) is 4.83. The molecule has 3 rings (SSSR count). The first-order chi connectivity index (χ1) is 11.3. The van der Waals surface area contributed by atoms with Crippen LogP contribution in [0.25, 0.3) is 11.5 Å². The van der Waals surface area contributed by atoms with Gasteiger partial charge in [0, 0.05) is 12.1 Å². The summed E-state index contributed by atoms with van der Waals surface area (Å²) >= 11 is 0. The van der Waals surface area contributed by atoms with Gasteiger partial charge >= 0.3 is 0 Å². The van der Waals surface area contributed by atoms with Gasteiger partial charge in [-0.1, -0.05) is 30.3 Å². The van der Waals surface area contributed by atoms with Crippen LogP contribution < -0.4 is 10.2 Å². The van der Waals surface area contributed by atoms with Gasteiger partial charge in [0.1, 0.15) is 23.8 Å². The van der Waals surface area contributed by atoms with Gasteiger partial charge in [0.15, 0.2) is 0 Å². The van der Waals surface area contributed by atoms with E-state index in [0.717, 1.165) is 28.3 Å². The molecule has 1 heterocycles. The number of ether oxygens (including phenoxy) is 1. The highest BCUT2D eigenvalue weighted by atomic mass is 16.5. The third-order valence-corrected chi connectivity index (χ3v) is 3.50. The highest BCUT2D eigenvalue weighted by Gasteiger charge is 2.11. The van der Waals surface area contributed by atoms with Gasteiger partial charge in [-0.05, 0) is 36.8 Å². The van der Waals surface area contributed by atoms with Crippen molar-refractivity contribution in [2.75, 3.05) is 0 Å². The van der Waals surface area contributed by atoms with Crippen LogP contribution in [0, 0.1) is 6.92 Å². The van der Waals surface area contributed by atoms with Crippen molar-refractivity contribution in [1.82, 2.24) is 10.5 Å². The van der Waals surface area contributed by atoms with Crippen molar-refractivity contribution in [3.63, 3.8) is 0 Å². The molecule has 1 aromatic heterocycles. The van der Waals surface area contributed by atoms with E-state index >= 15 is 0 Å². The lowest BCUT2D eigenvalue weighted by Gasteiger charge is -2.05. The van der Waals surface area contributed by atoms with Crippen molar-refractivity contribution < 1.29 is 14.4 Å². The van der Waals surface area contributed by atoms with Gasteiger partial charge in [0.05, 0.1) is 0 Å². The van der Waals surface area contributed by atoms with Crippen LogP contribution in [0.5, 0.6) is 5.75 Å². The summed E-state index contributed by atoms with van der Waals surface area (Å²) in [7, 11) is 0. The summed E-state index contributed by atoms with van der Waals surface area (Å²) < 4.78 is 11.5. The van der Waals surface area contributed by atoms with Crippen LogP contribution in [0.2, 0.25) is 0 Å². The van der Waals surface area contributed by atoms with Crippen molar-refractivity contribution in [3.05, 3.63) is 71.6 Å². The predicted molar refractivity (Wildman–Crippen MR) is 86.1 cm³/mol. The monoisotopic (exact) mass is 310 g/mol. The van der Waals surface area contributed by atoms with E-state index in [1.807, 2.05) is 61.5 Å². The van der Waals surface area contributed by atoms with E-state index in [4.69, 9.17) is 14.4 Å². The Balaban J connectivity index is 1.67. The average Bonchev–Trinajstić information content (AvgIpc) is 2.96. The Morgan fingerprint density at radius 3 is 2.52 bits per heavy atom. The zero-order valence-corrected chi connectivity index (χ0v) is 12.8. The minimum Gasteiger partial charge on any atom is -0.487 e. The second-order valence-corrected chi connectivity index (χ2v) is 5.16. The third-order valence-electron chi connectivity index (χ3n) is 3.50. The van der Waals surface area contributed by atoms with E-state index in [9.17, 15) is 0 Å². The standard InChI is InChI=1S/C18H18N2O3/c1-13-17(20-18(23-13)15-5-3-2-4-6-15)12-22-16-9-7-14(8-10-16)11-19-21/h2-10,19,21H,11-12H2,1H3. The Kier molecular flexibility index (Phi) is 4.71. The molecule has 23 heavy (non-hydrogen) atoms. The second-order valence-electron chi connectivity index (χ2n) is 5.16. The molecule has 3 aromatic rings. The molecule has 0 aliphatic carbocycles. The summed E-state index contributed by atoms with van der Waals surface area (Å²) in [6, 6.07) is 17.3. The molecular formula is C18H18N2O3. The molecule has 5 nitrogen and oxygen atoms in total. The van der Waals surface area contributed by atoms with Gasteiger partial charge in [-0.15, -0.1) is 0 Å². The topological polar surface area (TPSA) is 67.5 Å². The van der Waals surface area contributed by atoms with Crippen molar-refractivity contribution in [3.8, 4) is 17.2 Å². The Labute approximate surface area is 134 Å². The maximum Gasteiger partial charge on any atom is 0.226 e. The number of hydrogen-bond acceptors (Lipinski definition) is 5. The molecule has 0 bridgehead atoms. The van der Waals surface area contributed by atoms with E-state index in [2.05, 4.69) is 10.5 Å². The molecular weight excluding hydrogens is 292 g/mol. The van der Waals surface area contributed by atoms with Crippen LogP contribution in [0.15, 0.2) is 59.0 Å². The minimum absolute atomic E-state index is 0.347. The lowest BCUT2D eigenvalue weighted by atomic mass is 10.2. The normalized spacial score (nSPS) is 10.7. The highest BCUT2D eigenvalue weighted by molar-refractivity contribution is 5.53. The van der Waals surface area contributed by atoms with Gasteiger partial charge in [-0.2, -0.15) is 0 Å². The van der Waals surface area contributed by atoms with Crippen LogP contribution in [-0.4, -0.2) is 10.2 Å². The number of rotatable bonds is 6. The lowest BCUT2D eigenvalue weighted by Crippen LogP contribution is -2.05. The summed E-state index contributed by atoms with van der Waals surface area (Å²) in [5.74, 6) is 2.10. The molecule has 0 fully saturated rings. The Hall–Kier alpha value is -2.63. The molecule has 0 saturated carbocycles. The Morgan fingerprint density at radius 2 is 1.83 bits per heavy atom. The van der Waals surface area contributed by atoms with Crippen LogP contribution in [0.1, 0.15) is 17.0 Å². The molecule has 2 N–H and O–H groups in total. The number of nitrogens with zero attached hydrogens (tertiary/aromatic N) is 1. The zero-order valence-electron chi connectivity index (χ0n) is 12.8. The number of aryl methyl sites for hydroxylation is 1. The maximum atomic E-state index is 8.67. The van der Waals surface area contributed by atoms with Crippen LogP contribution >= 0.6 is 0 Å². The zero-order chi connectivity index (χ0) is 16.1. The van der Waals surface area contributed by atoms with Crippen LogP contribution in [0.4, 0.5) is 0 Å². The first-order valence-electron chi connectivity index (χ1n) is 7.36. The van der Waals surface area contributed by atoms with Gasteiger partial charge < -0.3 is 14.4 Å². The van der Waals surface area contributed by atoms with Crippen molar-refractivity contribution in [1.29, 1.82) is 0 Å². The predicted octanol–water partition coefficient (Wildman–Crippen LogP) is 3.71. The second kappa shape index (κ2) is 7.09. The Bertz CT molecular complexity index is 752. The summed E-state index contributed by atoms with van der Waals surface area (Å²) in [6.07, 6.45) is 0. The quantitative estimate of drug-likeness (QED) is 0.679. The van der Waals surface area contributed by atoms with E-state index in [-0.39, 0.29) is 0 Å². The molecule has 0 saturated heterocycles. The van der Waals surface area contributed by atoms with Crippen LogP contribution in [0.3, 0.4) is 0 Å². The fourth-order valence-electron chi connectivity index (χ4n) is 2.21. The first kappa shape index (κ1) is 15.3. The fraction of sp³-hybridized carbons (Fsp3) is 0.167. The molecule has 0 aliphatic rings. The van der Waals surface area contributed by atoms with E-state index in [0.29, 0.717) is 19.0 Å². The van der Waals surface area contributed by atoms with Gasteiger partial charge in [-0.3, -0.25) is 0 Å². The number of hydrogen-bond donors (Lipinski definition) is 2. The average molecular weight is 310 g/mol. The molecule has 0 radical (unpaired) electrons. The molecule has 0 amide bonds. The van der Waals surface area contributed by atoms with Crippen molar-refractivity contribution >= 4 is 0 Å². The van der Waals surface area contributed by atoms with Crippen LogP contribution in [-0.2, 0) is 13.2 Å². The third kappa shape index (κ3) is 3.77. The summed E-state index contributed by atoms with van der Waals surface area (Å²) in [4.78, 5) is 4.51. The summed E-state index contributed by atoms with van der Waals surface area (Å²) in [6.45, 7) is 2.64. The molecule has 0 aliphatic heterocycles. The number of aromatic nitrogens is 1. The minimum atomic E-state index is 0.347. The smallest absolute Gasteiger partial charge is 0.226 e. The summed E-state index contributed by atoms with van der Waals surface area (Å²) in [5, 5.41) is 8.67. The van der Waals surface area contributed by atoms with Crippen molar-refractivity contribution in [2.45, 2.75) is 20.1 Å². The largest absolute Gasteiger partial charge is 0.487 e. The number of benzene rings is 2. The van der Waals surface area contributed by atoms with Gasteiger partial charge in [0.2, 0.25) is 5.89 Å². The van der Waals surface area contributed by atoms with Gasteiger partial charge in [0.25, 0.3) is 0 Å². The SMILES string of the molecule is Cc1oc(-c2ccccc2)nc1COc1ccc(CNO)cc1. The fourth-order valence-corrected chi connectivity index (χ4v) is 2.21. The Morgan fingerprint density at radius 1 is 1.09 bits per heavy atom. The maximum absolute atomic E-state index is 8.67. The number of oxazole rings is 1. The van der Waals surface area contributed by atoms with E-state index < -0.39 is 0 Å². The lowest BCUT2D eigenvalue weighted by molar-refractivity contribution is 0.161. The molecule has 0 atom stereocenters. The van der Waals surface area contributed by atoms with E-state index in [1.165, 1.54) is 0 Å². The molecule has 0 spiro atoms. The number of nitrogens with one attached hydrogen (secondary N) is 1.